The summed E-state index contributed by atoms with van der Waals surface area (Å²) < 4.78 is 42.1. The number of carbonyl (C=O) groups excluding carboxylic acids is 1. The van der Waals surface area contributed by atoms with Crippen molar-refractivity contribution in [3.05, 3.63) is 0 Å². The average Bonchev–Trinajstić information content (AvgIpc) is 2.13. The molecule has 1 atom stereocenters. The standard InChI is InChI=1S/C10H13F3O2/c11-10(12,13)8(14)7-2-5-15-9(6-7)3-1-4-9/h7H,1-6H2. The Balaban J connectivity index is 2.01. The first-order valence-corrected chi connectivity index (χ1v) is 5.18. The number of Topliss-reactive ketones (excluding diaryl/α,β-unsaturated/α-hetero) is 1. The molecule has 2 fully saturated rings. The minimum atomic E-state index is -4.69. The largest absolute Gasteiger partial charge is 0.450 e. The van der Waals surface area contributed by atoms with Gasteiger partial charge in [-0.15, -0.1) is 0 Å². The van der Waals surface area contributed by atoms with Crippen LogP contribution >= 0.6 is 0 Å². The van der Waals surface area contributed by atoms with Crippen molar-refractivity contribution < 1.29 is 22.7 Å². The van der Waals surface area contributed by atoms with Gasteiger partial charge in [-0.25, -0.2) is 0 Å². The van der Waals surface area contributed by atoms with Crippen molar-refractivity contribution in [2.75, 3.05) is 6.61 Å². The lowest BCUT2D eigenvalue weighted by Crippen LogP contribution is -2.48. The third-order valence-electron chi connectivity index (χ3n) is 3.41. The van der Waals surface area contributed by atoms with E-state index < -0.39 is 23.5 Å². The lowest BCUT2D eigenvalue weighted by molar-refractivity contribution is -0.190. The molecule has 1 unspecified atom stereocenters. The smallest absolute Gasteiger partial charge is 0.375 e. The van der Waals surface area contributed by atoms with E-state index in [1.54, 1.807) is 0 Å². The summed E-state index contributed by atoms with van der Waals surface area (Å²) in [5, 5.41) is 0. The Kier molecular flexibility index (Phi) is 2.53. The lowest BCUT2D eigenvalue weighted by Gasteiger charge is -2.46. The quantitative estimate of drug-likeness (QED) is 0.681. The maximum atomic E-state index is 12.2. The second-order valence-corrected chi connectivity index (χ2v) is 4.44. The highest BCUT2D eigenvalue weighted by Crippen LogP contribution is 2.45. The van der Waals surface area contributed by atoms with Gasteiger partial charge < -0.3 is 4.74 Å². The van der Waals surface area contributed by atoms with Crippen molar-refractivity contribution >= 4 is 5.78 Å². The monoisotopic (exact) mass is 222 g/mol. The number of hydrogen-bond acceptors (Lipinski definition) is 2. The molecular weight excluding hydrogens is 209 g/mol. The molecule has 2 nitrogen and oxygen atoms in total. The van der Waals surface area contributed by atoms with Crippen LogP contribution in [0.1, 0.15) is 32.1 Å². The molecule has 0 aromatic heterocycles. The van der Waals surface area contributed by atoms with Crippen LogP contribution in [0.3, 0.4) is 0 Å². The van der Waals surface area contributed by atoms with Crippen LogP contribution in [-0.2, 0) is 9.53 Å². The molecule has 5 heteroatoms. The molecule has 86 valence electrons. The molecule has 0 N–H and O–H groups in total. The fourth-order valence-electron chi connectivity index (χ4n) is 2.40. The Bertz CT molecular complexity index is 268. The summed E-state index contributed by atoms with van der Waals surface area (Å²) in [6, 6.07) is 0. The van der Waals surface area contributed by atoms with E-state index in [-0.39, 0.29) is 19.4 Å². The molecule has 0 aromatic carbocycles. The van der Waals surface area contributed by atoms with Crippen LogP contribution in [0, 0.1) is 5.92 Å². The first kappa shape index (κ1) is 10.9. The van der Waals surface area contributed by atoms with Gasteiger partial charge in [-0.05, 0) is 32.1 Å². The van der Waals surface area contributed by atoms with Crippen molar-refractivity contribution in [3.63, 3.8) is 0 Å². The third kappa shape index (κ3) is 2.02. The van der Waals surface area contributed by atoms with Crippen LogP contribution in [0.2, 0.25) is 0 Å². The molecule has 1 heterocycles. The average molecular weight is 222 g/mol. The first-order chi connectivity index (χ1) is 6.93. The van der Waals surface area contributed by atoms with E-state index in [0.717, 1.165) is 19.3 Å². The molecule has 2 aliphatic rings. The fourth-order valence-corrected chi connectivity index (χ4v) is 2.40. The van der Waals surface area contributed by atoms with Gasteiger partial charge in [0.1, 0.15) is 0 Å². The van der Waals surface area contributed by atoms with E-state index in [1.807, 2.05) is 0 Å². The number of ether oxygens (including phenoxy) is 1. The topological polar surface area (TPSA) is 26.3 Å². The number of carbonyl (C=O) groups is 1. The van der Waals surface area contributed by atoms with Gasteiger partial charge in [-0.2, -0.15) is 13.2 Å². The predicted octanol–water partition coefficient (Wildman–Crippen LogP) is 2.47. The van der Waals surface area contributed by atoms with E-state index in [9.17, 15) is 18.0 Å². The van der Waals surface area contributed by atoms with Crippen LogP contribution in [0.4, 0.5) is 13.2 Å². The zero-order valence-corrected chi connectivity index (χ0v) is 8.27. The Morgan fingerprint density at radius 3 is 2.47 bits per heavy atom. The molecule has 0 bridgehead atoms. The summed E-state index contributed by atoms with van der Waals surface area (Å²) >= 11 is 0. The van der Waals surface area contributed by atoms with Crippen molar-refractivity contribution in [2.45, 2.75) is 43.9 Å². The molecule has 1 spiro atoms. The summed E-state index contributed by atoms with van der Waals surface area (Å²) in [6.07, 6.45) is -1.63. The highest BCUT2D eigenvalue weighted by atomic mass is 19.4. The molecule has 0 amide bonds. The Hall–Kier alpha value is -0.580. The molecule has 0 radical (unpaired) electrons. The Morgan fingerprint density at radius 1 is 1.33 bits per heavy atom. The lowest BCUT2D eigenvalue weighted by atomic mass is 9.71. The van der Waals surface area contributed by atoms with Crippen molar-refractivity contribution in [3.8, 4) is 0 Å². The predicted molar refractivity (Wildman–Crippen MR) is 46.3 cm³/mol. The van der Waals surface area contributed by atoms with Crippen molar-refractivity contribution in [1.29, 1.82) is 0 Å². The van der Waals surface area contributed by atoms with Gasteiger partial charge in [0, 0.05) is 12.5 Å². The van der Waals surface area contributed by atoms with Crippen LogP contribution in [0.25, 0.3) is 0 Å². The van der Waals surface area contributed by atoms with Crippen molar-refractivity contribution in [1.82, 2.24) is 0 Å². The van der Waals surface area contributed by atoms with Gasteiger partial charge >= 0.3 is 6.18 Å². The maximum absolute atomic E-state index is 12.2. The molecule has 15 heavy (non-hydrogen) atoms. The Morgan fingerprint density at radius 2 is 2.00 bits per heavy atom. The number of hydrogen-bond donors (Lipinski definition) is 0. The van der Waals surface area contributed by atoms with Crippen LogP contribution in [0.5, 0.6) is 0 Å². The summed E-state index contributed by atoms with van der Waals surface area (Å²) in [6.45, 7) is 0.284. The summed E-state index contributed by atoms with van der Waals surface area (Å²) in [7, 11) is 0. The number of halogens is 3. The maximum Gasteiger partial charge on any atom is 0.450 e. The molecular formula is C10H13F3O2. The van der Waals surface area contributed by atoms with Crippen molar-refractivity contribution in [2.24, 2.45) is 5.92 Å². The van der Waals surface area contributed by atoms with Gasteiger partial charge in [-0.3, -0.25) is 4.79 Å². The molecule has 0 aromatic rings. The highest BCUT2D eigenvalue weighted by molar-refractivity contribution is 5.86. The second-order valence-electron chi connectivity index (χ2n) is 4.44. The number of ketones is 1. The van der Waals surface area contributed by atoms with E-state index in [0.29, 0.717) is 0 Å². The van der Waals surface area contributed by atoms with Gasteiger partial charge in [0.25, 0.3) is 0 Å². The second kappa shape index (κ2) is 3.47. The molecule has 1 saturated heterocycles. The van der Waals surface area contributed by atoms with E-state index in [4.69, 9.17) is 4.74 Å². The molecule has 1 saturated carbocycles. The van der Waals surface area contributed by atoms with E-state index in [2.05, 4.69) is 0 Å². The fraction of sp³-hybridized carbons (Fsp3) is 0.900. The van der Waals surface area contributed by atoms with Gasteiger partial charge in [-0.1, -0.05) is 0 Å². The summed E-state index contributed by atoms with van der Waals surface area (Å²) in [4.78, 5) is 11.1. The van der Waals surface area contributed by atoms with Gasteiger partial charge in [0.2, 0.25) is 5.78 Å². The number of alkyl halides is 3. The van der Waals surface area contributed by atoms with Crippen LogP contribution < -0.4 is 0 Å². The van der Waals surface area contributed by atoms with Gasteiger partial charge in [0.05, 0.1) is 5.60 Å². The molecule has 2 rings (SSSR count). The zero-order valence-electron chi connectivity index (χ0n) is 8.27. The minimum absolute atomic E-state index is 0.208. The SMILES string of the molecule is O=C(C1CCOC2(CCC2)C1)C(F)(F)F. The minimum Gasteiger partial charge on any atom is -0.375 e. The van der Waals surface area contributed by atoms with Crippen LogP contribution in [0.15, 0.2) is 0 Å². The number of rotatable bonds is 1. The van der Waals surface area contributed by atoms with Crippen LogP contribution in [-0.4, -0.2) is 24.2 Å². The molecule has 1 aliphatic heterocycles. The first-order valence-electron chi connectivity index (χ1n) is 5.18. The normalized spacial score (nSPS) is 29.9. The van der Waals surface area contributed by atoms with Gasteiger partial charge in [0.15, 0.2) is 0 Å². The summed E-state index contributed by atoms with van der Waals surface area (Å²) in [5.41, 5.74) is -0.399. The van der Waals surface area contributed by atoms with E-state index in [1.165, 1.54) is 0 Å². The zero-order chi connectivity index (χ0) is 11.1. The summed E-state index contributed by atoms with van der Waals surface area (Å²) in [5.74, 6) is -2.45. The Labute approximate surface area is 85.8 Å². The van der Waals surface area contributed by atoms with E-state index >= 15 is 0 Å². The third-order valence-corrected chi connectivity index (χ3v) is 3.41. The molecule has 1 aliphatic carbocycles. The highest BCUT2D eigenvalue weighted by Gasteiger charge is 2.50.